The van der Waals surface area contributed by atoms with Gasteiger partial charge in [-0.05, 0) is 87.9 Å². The van der Waals surface area contributed by atoms with Gasteiger partial charge in [-0.25, -0.2) is 0 Å². The van der Waals surface area contributed by atoms with Crippen LogP contribution in [0.25, 0.3) is 0 Å². The second kappa shape index (κ2) is 16.2. The fourth-order valence-corrected chi connectivity index (χ4v) is 6.22. The van der Waals surface area contributed by atoms with Crippen molar-refractivity contribution in [1.82, 2.24) is 0 Å². The molecule has 0 heterocycles. The van der Waals surface area contributed by atoms with Crippen LogP contribution in [-0.4, -0.2) is 11.4 Å². The fourth-order valence-electron chi connectivity index (χ4n) is 6.22. The zero-order chi connectivity index (χ0) is 34.8. The maximum Gasteiger partial charge on any atom is 0.100 e. The van der Waals surface area contributed by atoms with E-state index in [1.165, 1.54) is 44.5 Å². The first kappa shape index (κ1) is 35.0. The van der Waals surface area contributed by atoms with Gasteiger partial charge in [0.1, 0.15) is 6.04 Å². The lowest BCUT2D eigenvalue weighted by Gasteiger charge is -2.25. The highest BCUT2D eigenvalue weighted by Crippen LogP contribution is 2.31. The van der Waals surface area contributed by atoms with E-state index < -0.39 is 0 Å². The summed E-state index contributed by atoms with van der Waals surface area (Å²) < 4.78 is 0. The standard InChI is InChI=1S/C24H25N.C23H23N/c1-18-15-16-19(2)22(17-18)24(3,4)25-23(20-11-7-5-8-12-20)21-13-9-6-10-14-21;1-17-14-15-18(2)22(16-17)19(3)24-23(20-10-6-4-7-11-20)21-12-8-5-9-13-21/h5-17H,1-4H3;4-16,23H,1-3H3. The molecular formula is C47H48N2. The molecule has 0 radical (unpaired) electrons. The Balaban J connectivity index is 0.000000191. The van der Waals surface area contributed by atoms with E-state index >= 15 is 0 Å². The number of nitrogens with zero attached hydrogens (tertiary/aromatic N) is 2. The largest absolute Gasteiger partial charge is 0.277 e. The van der Waals surface area contributed by atoms with E-state index in [0.717, 1.165) is 22.6 Å². The number of hydrogen-bond acceptors (Lipinski definition) is 2. The second-order valence-corrected chi connectivity index (χ2v) is 13.3. The van der Waals surface area contributed by atoms with Gasteiger partial charge in [0, 0.05) is 16.8 Å². The van der Waals surface area contributed by atoms with Gasteiger partial charge in [-0.3, -0.25) is 9.98 Å². The normalized spacial score (nSPS) is 11.5. The summed E-state index contributed by atoms with van der Waals surface area (Å²) in [5, 5.41) is 0. The topological polar surface area (TPSA) is 24.7 Å². The van der Waals surface area contributed by atoms with Crippen molar-refractivity contribution in [3.8, 4) is 0 Å². The molecule has 0 N–H and O–H groups in total. The van der Waals surface area contributed by atoms with Crippen LogP contribution >= 0.6 is 0 Å². The van der Waals surface area contributed by atoms with E-state index in [-0.39, 0.29) is 11.6 Å². The highest BCUT2D eigenvalue weighted by molar-refractivity contribution is 6.13. The van der Waals surface area contributed by atoms with Gasteiger partial charge in [0.25, 0.3) is 0 Å². The van der Waals surface area contributed by atoms with E-state index in [1.807, 2.05) is 24.3 Å². The van der Waals surface area contributed by atoms with E-state index in [9.17, 15) is 0 Å². The molecule has 0 saturated heterocycles. The van der Waals surface area contributed by atoms with Crippen molar-refractivity contribution in [1.29, 1.82) is 0 Å². The first-order chi connectivity index (χ1) is 23.6. The summed E-state index contributed by atoms with van der Waals surface area (Å²) in [5.74, 6) is 0. The minimum Gasteiger partial charge on any atom is -0.277 e. The van der Waals surface area contributed by atoms with Crippen LogP contribution in [-0.2, 0) is 5.54 Å². The van der Waals surface area contributed by atoms with Crippen LogP contribution in [0.15, 0.2) is 168 Å². The molecule has 2 nitrogen and oxygen atoms in total. The van der Waals surface area contributed by atoms with Crippen molar-refractivity contribution >= 4 is 11.4 Å². The van der Waals surface area contributed by atoms with Crippen molar-refractivity contribution in [3.05, 3.63) is 213 Å². The predicted octanol–water partition coefficient (Wildman–Crippen LogP) is 12.0. The SMILES string of the molecule is CC(=NC(c1ccccc1)c1ccccc1)c1cc(C)ccc1C.Cc1ccc(C)c(C(C)(C)N=C(c2ccccc2)c2ccccc2)c1. The summed E-state index contributed by atoms with van der Waals surface area (Å²) in [4.78, 5) is 10.3. The van der Waals surface area contributed by atoms with Crippen molar-refractivity contribution in [2.75, 3.05) is 0 Å². The smallest absolute Gasteiger partial charge is 0.100 e. The number of aliphatic imine (C=N–C) groups is 2. The molecule has 6 aromatic carbocycles. The first-order valence-corrected chi connectivity index (χ1v) is 17.1. The molecular weight excluding hydrogens is 593 g/mol. The maximum absolute atomic E-state index is 5.24. The molecule has 6 aromatic rings. The van der Waals surface area contributed by atoms with E-state index in [4.69, 9.17) is 9.98 Å². The summed E-state index contributed by atoms with van der Waals surface area (Å²) in [6, 6.07) is 55.1. The minimum absolute atomic E-state index is 0.0207. The van der Waals surface area contributed by atoms with Crippen LogP contribution in [0, 0.1) is 27.7 Å². The molecule has 0 aliphatic carbocycles. The van der Waals surface area contributed by atoms with Gasteiger partial charge < -0.3 is 0 Å². The van der Waals surface area contributed by atoms with Gasteiger partial charge in [0.2, 0.25) is 0 Å². The number of rotatable bonds is 8. The monoisotopic (exact) mass is 640 g/mol. The van der Waals surface area contributed by atoms with E-state index in [0.29, 0.717) is 0 Å². The summed E-state index contributed by atoms with van der Waals surface area (Å²) >= 11 is 0. The third-order valence-corrected chi connectivity index (χ3v) is 8.87. The van der Waals surface area contributed by atoms with E-state index in [2.05, 4.69) is 182 Å². The summed E-state index contributed by atoms with van der Waals surface area (Å²) in [7, 11) is 0. The third-order valence-electron chi connectivity index (χ3n) is 8.87. The molecule has 0 unspecified atom stereocenters. The first-order valence-electron chi connectivity index (χ1n) is 17.1. The van der Waals surface area contributed by atoms with Gasteiger partial charge in [-0.1, -0.05) is 163 Å². The fraction of sp³-hybridized carbons (Fsp3) is 0.191. The molecule has 0 aliphatic rings. The molecule has 246 valence electrons. The average molecular weight is 641 g/mol. The van der Waals surface area contributed by atoms with E-state index in [1.54, 1.807) is 0 Å². The summed E-state index contributed by atoms with van der Waals surface area (Å²) in [6.45, 7) is 15.1. The van der Waals surface area contributed by atoms with Gasteiger partial charge in [0.05, 0.1) is 11.3 Å². The summed E-state index contributed by atoms with van der Waals surface area (Å²) in [5.41, 5.74) is 14.1. The molecule has 0 aliphatic heterocycles. The summed E-state index contributed by atoms with van der Waals surface area (Å²) in [6.07, 6.45) is 0. The van der Waals surface area contributed by atoms with Crippen molar-refractivity contribution in [2.45, 2.75) is 60.0 Å². The molecule has 0 spiro atoms. The zero-order valence-corrected chi connectivity index (χ0v) is 30.0. The highest BCUT2D eigenvalue weighted by atomic mass is 14.9. The number of aryl methyl sites for hydroxylation is 4. The Kier molecular flexibility index (Phi) is 11.5. The zero-order valence-electron chi connectivity index (χ0n) is 30.0. The lowest BCUT2D eigenvalue weighted by molar-refractivity contribution is 0.555. The Labute approximate surface area is 294 Å². The lowest BCUT2D eigenvalue weighted by Crippen LogP contribution is -2.20. The lowest BCUT2D eigenvalue weighted by atomic mass is 9.89. The Bertz CT molecular complexity index is 1920. The van der Waals surface area contributed by atoms with Gasteiger partial charge in [-0.2, -0.15) is 0 Å². The van der Waals surface area contributed by atoms with Crippen molar-refractivity contribution in [3.63, 3.8) is 0 Å². The van der Waals surface area contributed by atoms with Gasteiger partial charge >= 0.3 is 0 Å². The van der Waals surface area contributed by atoms with Crippen LogP contribution in [0.2, 0.25) is 0 Å². The average Bonchev–Trinajstić information content (AvgIpc) is 3.13. The van der Waals surface area contributed by atoms with Gasteiger partial charge in [0.15, 0.2) is 0 Å². The quantitative estimate of drug-likeness (QED) is 0.148. The Morgan fingerprint density at radius 2 is 0.939 bits per heavy atom. The molecule has 6 rings (SSSR count). The predicted molar refractivity (Wildman–Crippen MR) is 210 cm³/mol. The molecule has 0 atom stereocenters. The van der Waals surface area contributed by atoms with Crippen LogP contribution in [0.4, 0.5) is 0 Å². The number of benzene rings is 6. The van der Waals surface area contributed by atoms with Gasteiger partial charge in [-0.15, -0.1) is 0 Å². The molecule has 0 aromatic heterocycles. The third kappa shape index (κ3) is 9.18. The van der Waals surface area contributed by atoms with Crippen molar-refractivity contribution in [2.24, 2.45) is 9.98 Å². The highest BCUT2D eigenvalue weighted by Gasteiger charge is 2.23. The molecule has 0 amide bonds. The van der Waals surface area contributed by atoms with Crippen LogP contribution in [0.3, 0.4) is 0 Å². The maximum atomic E-state index is 5.24. The number of hydrogen-bond donors (Lipinski definition) is 0. The van der Waals surface area contributed by atoms with Crippen LogP contribution in [0.1, 0.15) is 82.4 Å². The minimum atomic E-state index is -0.308. The molecule has 49 heavy (non-hydrogen) atoms. The van der Waals surface area contributed by atoms with Crippen molar-refractivity contribution < 1.29 is 0 Å². The Hall–Kier alpha value is -5.34. The molecule has 2 heteroatoms. The second-order valence-electron chi connectivity index (χ2n) is 13.3. The Morgan fingerprint density at radius 3 is 1.43 bits per heavy atom. The molecule has 0 fully saturated rings. The Morgan fingerprint density at radius 1 is 0.510 bits per heavy atom. The van der Waals surface area contributed by atoms with Crippen LogP contribution in [0.5, 0.6) is 0 Å². The van der Waals surface area contributed by atoms with Crippen LogP contribution < -0.4 is 0 Å². The molecule has 0 bridgehead atoms. The molecule has 0 saturated carbocycles.